The average Bonchev–Trinajstić information content (AvgIpc) is 3.47. The van der Waals surface area contributed by atoms with Crippen molar-refractivity contribution in [3.63, 3.8) is 0 Å². The molecule has 1 saturated carbocycles. The van der Waals surface area contributed by atoms with Crippen LogP contribution in [0.5, 0.6) is 0 Å². The second kappa shape index (κ2) is 7.75. The Labute approximate surface area is 185 Å². The molecular formula is C25H22N2O5. The number of carbonyl (C=O) groups excluding carboxylic acids is 4. The molecule has 1 aliphatic heterocycles. The van der Waals surface area contributed by atoms with Gasteiger partial charge in [-0.15, -0.1) is 0 Å². The fourth-order valence-corrected chi connectivity index (χ4v) is 5.02. The van der Waals surface area contributed by atoms with E-state index in [9.17, 15) is 19.2 Å². The highest BCUT2D eigenvalue weighted by Gasteiger charge is 2.59. The van der Waals surface area contributed by atoms with Gasteiger partial charge >= 0.3 is 5.97 Å². The van der Waals surface area contributed by atoms with Gasteiger partial charge in [0.25, 0.3) is 5.91 Å². The van der Waals surface area contributed by atoms with Gasteiger partial charge in [-0.05, 0) is 61.1 Å². The van der Waals surface area contributed by atoms with Gasteiger partial charge in [0, 0.05) is 5.69 Å². The van der Waals surface area contributed by atoms with Crippen LogP contribution in [0.4, 0.5) is 11.4 Å². The van der Waals surface area contributed by atoms with Crippen LogP contribution in [-0.2, 0) is 19.1 Å². The molecule has 0 aromatic heterocycles. The average molecular weight is 430 g/mol. The zero-order valence-corrected chi connectivity index (χ0v) is 17.5. The Kier molecular flexibility index (Phi) is 4.89. The number of rotatable bonds is 5. The molecule has 0 spiro atoms. The van der Waals surface area contributed by atoms with E-state index >= 15 is 0 Å². The van der Waals surface area contributed by atoms with Crippen molar-refractivity contribution in [1.82, 2.24) is 0 Å². The van der Waals surface area contributed by atoms with Gasteiger partial charge in [0.15, 0.2) is 6.61 Å². The predicted molar refractivity (Wildman–Crippen MR) is 117 cm³/mol. The third-order valence-electron chi connectivity index (χ3n) is 6.59. The Hall–Kier alpha value is -3.74. The molecule has 162 valence electrons. The molecule has 2 bridgehead atoms. The molecule has 3 aliphatic rings. The molecule has 7 nitrogen and oxygen atoms in total. The van der Waals surface area contributed by atoms with E-state index in [-0.39, 0.29) is 41.0 Å². The van der Waals surface area contributed by atoms with Gasteiger partial charge in [-0.25, -0.2) is 4.79 Å². The van der Waals surface area contributed by atoms with Crippen molar-refractivity contribution in [2.45, 2.75) is 13.3 Å². The smallest absolute Gasteiger partial charge is 0.338 e. The zero-order valence-electron chi connectivity index (χ0n) is 17.5. The number of hydrogen-bond donors (Lipinski definition) is 1. The van der Waals surface area contributed by atoms with Crippen molar-refractivity contribution in [3.8, 4) is 0 Å². The molecule has 32 heavy (non-hydrogen) atoms. The third-order valence-corrected chi connectivity index (χ3v) is 6.59. The number of esters is 1. The summed E-state index contributed by atoms with van der Waals surface area (Å²) in [7, 11) is 0. The van der Waals surface area contributed by atoms with E-state index < -0.39 is 18.5 Å². The number of imide groups is 1. The van der Waals surface area contributed by atoms with Crippen molar-refractivity contribution in [2.24, 2.45) is 23.7 Å². The zero-order chi connectivity index (χ0) is 22.4. The summed E-state index contributed by atoms with van der Waals surface area (Å²) < 4.78 is 5.10. The maximum atomic E-state index is 12.9. The van der Waals surface area contributed by atoms with Crippen LogP contribution in [0.25, 0.3) is 0 Å². The number of nitrogens with one attached hydrogen (secondary N) is 1. The van der Waals surface area contributed by atoms with E-state index in [0.29, 0.717) is 11.4 Å². The van der Waals surface area contributed by atoms with Gasteiger partial charge in [-0.1, -0.05) is 30.4 Å². The van der Waals surface area contributed by atoms with Crippen LogP contribution in [0.1, 0.15) is 22.3 Å². The number of aryl methyl sites for hydroxylation is 1. The minimum Gasteiger partial charge on any atom is -0.452 e. The maximum Gasteiger partial charge on any atom is 0.338 e. The molecule has 2 fully saturated rings. The lowest BCUT2D eigenvalue weighted by molar-refractivity contribution is -0.123. The van der Waals surface area contributed by atoms with E-state index in [0.717, 1.165) is 12.0 Å². The van der Waals surface area contributed by atoms with Gasteiger partial charge in [0.2, 0.25) is 11.8 Å². The summed E-state index contributed by atoms with van der Waals surface area (Å²) in [5.74, 6) is -1.68. The van der Waals surface area contributed by atoms with Gasteiger partial charge < -0.3 is 10.1 Å². The Balaban J connectivity index is 1.21. The van der Waals surface area contributed by atoms with E-state index in [2.05, 4.69) is 17.5 Å². The summed E-state index contributed by atoms with van der Waals surface area (Å²) in [6.45, 7) is 1.45. The topological polar surface area (TPSA) is 92.8 Å². The van der Waals surface area contributed by atoms with E-state index in [4.69, 9.17) is 4.74 Å². The third kappa shape index (κ3) is 3.30. The van der Waals surface area contributed by atoms with Crippen LogP contribution >= 0.6 is 0 Å². The number of benzene rings is 2. The number of nitrogens with zero attached hydrogens (tertiary/aromatic N) is 1. The highest BCUT2D eigenvalue weighted by atomic mass is 16.5. The highest BCUT2D eigenvalue weighted by molar-refractivity contribution is 6.22. The minimum atomic E-state index is -0.658. The molecule has 4 atom stereocenters. The number of allylic oxidation sites excluding steroid dienone is 2. The summed E-state index contributed by atoms with van der Waals surface area (Å²) in [4.78, 5) is 51.4. The molecule has 0 unspecified atom stereocenters. The number of hydrogen-bond acceptors (Lipinski definition) is 5. The first-order valence-electron chi connectivity index (χ1n) is 10.6. The molecule has 2 aromatic rings. The number of ether oxygens (including phenoxy) is 1. The van der Waals surface area contributed by atoms with Crippen molar-refractivity contribution in [3.05, 3.63) is 71.8 Å². The number of amides is 3. The monoisotopic (exact) mass is 430 g/mol. The fourth-order valence-electron chi connectivity index (χ4n) is 5.02. The predicted octanol–water partition coefficient (Wildman–Crippen LogP) is 3.10. The lowest BCUT2D eigenvalue weighted by Gasteiger charge is -2.17. The Morgan fingerprint density at radius 1 is 0.969 bits per heavy atom. The molecule has 1 heterocycles. The van der Waals surface area contributed by atoms with Crippen LogP contribution in [0, 0.1) is 30.6 Å². The van der Waals surface area contributed by atoms with Gasteiger partial charge in [-0.2, -0.15) is 0 Å². The second-order valence-electron chi connectivity index (χ2n) is 8.50. The van der Waals surface area contributed by atoms with Crippen LogP contribution in [0.2, 0.25) is 0 Å². The van der Waals surface area contributed by atoms with Crippen molar-refractivity contribution in [1.29, 1.82) is 0 Å². The maximum absolute atomic E-state index is 12.9. The molecule has 2 aromatic carbocycles. The first kappa shape index (κ1) is 20.2. The van der Waals surface area contributed by atoms with Crippen molar-refractivity contribution >= 4 is 35.1 Å². The SMILES string of the molecule is Cc1ccccc1NC(=O)COC(=O)c1ccc(N2C(=O)[C@@H]3[C@@H](C2=O)[C@H]2C=C[C@H]3C2)cc1. The molecule has 3 amide bonds. The van der Waals surface area contributed by atoms with Gasteiger partial charge in [-0.3, -0.25) is 19.3 Å². The second-order valence-corrected chi connectivity index (χ2v) is 8.50. The molecular weight excluding hydrogens is 408 g/mol. The van der Waals surface area contributed by atoms with Crippen LogP contribution < -0.4 is 10.2 Å². The molecule has 0 radical (unpaired) electrons. The minimum absolute atomic E-state index is 0.145. The Morgan fingerprint density at radius 2 is 1.59 bits per heavy atom. The number of anilines is 2. The fraction of sp³-hybridized carbons (Fsp3) is 0.280. The summed E-state index contributed by atoms with van der Waals surface area (Å²) in [5.41, 5.74) is 2.24. The standard InChI is InChI=1S/C25H22N2O5/c1-14-4-2-3-5-19(14)26-20(28)13-32-25(31)15-8-10-18(11-9-15)27-23(29)21-16-6-7-17(12-16)22(21)24(27)30/h2-11,16-17,21-22H,12-13H2,1H3,(H,26,28)/t16-,17-,21-,22-/m0/s1. The lowest BCUT2D eigenvalue weighted by atomic mass is 9.85. The molecule has 1 saturated heterocycles. The van der Waals surface area contributed by atoms with Crippen molar-refractivity contribution < 1.29 is 23.9 Å². The highest BCUT2D eigenvalue weighted by Crippen LogP contribution is 2.53. The first-order valence-corrected chi connectivity index (χ1v) is 10.6. The number of carbonyl (C=O) groups is 4. The van der Waals surface area contributed by atoms with E-state index in [1.54, 1.807) is 24.3 Å². The van der Waals surface area contributed by atoms with E-state index in [1.807, 2.05) is 19.1 Å². The Bertz CT molecular complexity index is 1120. The van der Waals surface area contributed by atoms with E-state index in [1.165, 1.54) is 17.0 Å². The molecule has 2 aliphatic carbocycles. The largest absolute Gasteiger partial charge is 0.452 e. The summed E-state index contributed by atoms with van der Waals surface area (Å²) in [6.07, 6.45) is 4.98. The summed E-state index contributed by atoms with van der Waals surface area (Å²) in [6, 6.07) is 13.4. The van der Waals surface area contributed by atoms with Crippen molar-refractivity contribution in [2.75, 3.05) is 16.8 Å². The lowest BCUT2D eigenvalue weighted by Crippen LogP contribution is -2.32. The summed E-state index contributed by atoms with van der Waals surface area (Å²) >= 11 is 0. The normalized spacial score (nSPS) is 25.2. The quantitative estimate of drug-likeness (QED) is 0.447. The summed E-state index contributed by atoms with van der Waals surface area (Å²) in [5, 5.41) is 2.70. The first-order chi connectivity index (χ1) is 15.4. The number of fused-ring (bicyclic) bond motifs is 5. The van der Waals surface area contributed by atoms with Crippen LogP contribution in [0.15, 0.2) is 60.7 Å². The molecule has 1 N–H and O–H groups in total. The molecule has 5 rings (SSSR count). The van der Waals surface area contributed by atoms with Crippen LogP contribution in [0.3, 0.4) is 0 Å². The van der Waals surface area contributed by atoms with Gasteiger partial charge in [0.05, 0.1) is 23.1 Å². The van der Waals surface area contributed by atoms with Crippen LogP contribution in [-0.4, -0.2) is 30.3 Å². The number of para-hydroxylation sites is 1. The molecule has 7 heteroatoms. The van der Waals surface area contributed by atoms with Gasteiger partial charge in [0.1, 0.15) is 0 Å². The Morgan fingerprint density at radius 3 is 2.22 bits per heavy atom.